The standard InChI is InChI=1S/2C3H6Cl2O/c1-2(4)3(5)6;4-2-1-3(5)6/h2-3,6H,1H3;3,6H,1-2H2. The Morgan fingerprint density at radius 2 is 1.50 bits per heavy atom. The molecule has 6 heteroatoms. The first-order valence-electron chi connectivity index (χ1n) is 3.26. The molecule has 2 nitrogen and oxygen atoms in total. The first kappa shape index (κ1) is 15.5. The molecule has 2 N–H and O–H groups in total. The van der Waals surface area contributed by atoms with Gasteiger partial charge in [0.15, 0.2) is 0 Å². The Morgan fingerprint density at radius 1 is 1.17 bits per heavy atom. The number of hydrogen-bond acceptors (Lipinski definition) is 2. The third-order valence-corrected chi connectivity index (χ3v) is 1.91. The molecule has 0 heterocycles. The molecule has 12 heavy (non-hydrogen) atoms. The van der Waals surface area contributed by atoms with Crippen molar-refractivity contribution in [1.29, 1.82) is 0 Å². The largest absolute Gasteiger partial charge is 0.378 e. The number of rotatable bonds is 3. The normalized spacial score (nSPS) is 17.2. The van der Waals surface area contributed by atoms with Gasteiger partial charge in [-0.25, -0.2) is 0 Å². The quantitative estimate of drug-likeness (QED) is 0.762. The molecule has 0 aliphatic heterocycles. The van der Waals surface area contributed by atoms with Gasteiger partial charge in [-0.2, -0.15) is 0 Å². The number of hydrogen-bond donors (Lipinski definition) is 2. The minimum Gasteiger partial charge on any atom is -0.378 e. The molecule has 0 fully saturated rings. The van der Waals surface area contributed by atoms with Crippen molar-refractivity contribution in [3.05, 3.63) is 0 Å². The predicted molar refractivity (Wildman–Crippen MR) is 54.4 cm³/mol. The second-order valence-electron chi connectivity index (χ2n) is 1.96. The van der Waals surface area contributed by atoms with Gasteiger partial charge in [0.25, 0.3) is 0 Å². The van der Waals surface area contributed by atoms with E-state index in [9.17, 15) is 0 Å². The molecule has 0 aromatic heterocycles. The fraction of sp³-hybridized carbons (Fsp3) is 1.00. The van der Waals surface area contributed by atoms with E-state index in [1.54, 1.807) is 6.92 Å². The van der Waals surface area contributed by atoms with Crippen LogP contribution in [0, 0.1) is 0 Å². The van der Waals surface area contributed by atoms with Gasteiger partial charge in [-0.05, 0) is 6.92 Å². The van der Waals surface area contributed by atoms with Crippen molar-refractivity contribution < 1.29 is 10.2 Å². The molecular weight excluding hydrogens is 246 g/mol. The minimum atomic E-state index is -0.910. The Bertz CT molecular complexity index is 81.6. The van der Waals surface area contributed by atoms with Gasteiger partial charge in [0.2, 0.25) is 0 Å². The van der Waals surface area contributed by atoms with E-state index in [4.69, 9.17) is 56.6 Å². The van der Waals surface area contributed by atoms with Crippen LogP contribution in [0.25, 0.3) is 0 Å². The van der Waals surface area contributed by atoms with E-state index in [2.05, 4.69) is 0 Å². The lowest BCUT2D eigenvalue weighted by molar-refractivity contribution is 0.253. The highest BCUT2D eigenvalue weighted by atomic mass is 35.5. The molecule has 0 saturated heterocycles. The summed E-state index contributed by atoms with van der Waals surface area (Å²) in [6.07, 6.45) is 0.461. The maximum atomic E-state index is 8.26. The van der Waals surface area contributed by atoms with Crippen LogP contribution in [0.5, 0.6) is 0 Å². The van der Waals surface area contributed by atoms with E-state index < -0.39 is 11.1 Å². The van der Waals surface area contributed by atoms with E-state index in [1.165, 1.54) is 0 Å². The SMILES string of the molecule is CC(Cl)C(O)Cl.OC(Cl)CCCl. The van der Waals surface area contributed by atoms with Crippen LogP contribution in [-0.2, 0) is 0 Å². The van der Waals surface area contributed by atoms with Gasteiger partial charge in [-0.3, -0.25) is 0 Å². The van der Waals surface area contributed by atoms with Crippen molar-refractivity contribution in [2.45, 2.75) is 29.8 Å². The highest BCUT2D eigenvalue weighted by molar-refractivity contribution is 6.28. The molecule has 0 rings (SSSR count). The summed E-state index contributed by atoms with van der Waals surface area (Å²) in [6, 6.07) is 0. The maximum absolute atomic E-state index is 8.26. The Kier molecular flexibility index (Phi) is 13.2. The van der Waals surface area contributed by atoms with E-state index in [-0.39, 0.29) is 5.38 Å². The third-order valence-electron chi connectivity index (χ3n) is 0.726. The molecule has 76 valence electrons. The van der Waals surface area contributed by atoms with E-state index in [1.807, 2.05) is 0 Å². The summed E-state index contributed by atoms with van der Waals surface area (Å²) >= 11 is 20.5. The van der Waals surface area contributed by atoms with Gasteiger partial charge in [-0.1, -0.05) is 23.2 Å². The summed E-state index contributed by atoms with van der Waals surface area (Å²) in [5.74, 6) is 0.421. The molecule has 0 saturated carbocycles. The second-order valence-corrected chi connectivity index (χ2v) is 3.98. The second kappa shape index (κ2) is 10.2. The number of aliphatic hydroxyl groups is 2. The molecule has 0 aliphatic carbocycles. The van der Waals surface area contributed by atoms with Gasteiger partial charge in [-0.15, -0.1) is 23.2 Å². The average molecular weight is 258 g/mol. The Balaban J connectivity index is 0. The van der Waals surface area contributed by atoms with E-state index in [0.29, 0.717) is 12.3 Å². The lowest BCUT2D eigenvalue weighted by Gasteiger charge is -1.99. The lowest BCUT2D eigenvalue weighted by atomic mass is 10.5. The van der Waals surface area contributed by atoms with Crippen LogP contribution >= 0.6 is 46.4 Å². The van der Waals surface area contributed by atoms with Crippen molar-refractivity contribution >= 4 is 46.4 Å². The molecular formula is C6H12Cl4O2. The Labute approximate surface area is 92.4 Å². The molecule has 3 atom stereocenters. The van der Waals surface area contributed by atoms with Crippen LogP contribution < -0.4 is 0 Å². The first-order chi connectivity index (χ1) is 5.41. The summed E-state index contributed by atoms with van der Waals surface area (Å²) in [5, 5.41) is 16.1. The monoisotopic (exact) mass is 256 g/mol. The molecule has 0 amide bonds. The number of aliphatic hydroxyl groups excluding tert-OH is 2. The lowest BCUT2D eigenvalue weighted by Crippen LogP contribution is -2.07. The zero-order chi connectivity index (χ0) is 10.1. The zero-order valence-corrected chi connectivity index (χ0v) is 9.58. The van der Waals surface area contributed by atoms with Gasteiger partial charge in [0, 0.05) is 12.3 Å². The van der Waals surface area contributed by atoms with Crippen molar-refractivity contribution in [2.24, 2.45) is 0 Å². The van der Waals surface area contributed by atoms with Gasteiger partial charge in [0.05, 0.1) is 5.38 Å². The molecule has 0 aliphatic rings. The summed E-state index contributed by atoms with van der Waals surface area (Å²) in [4.78, 5) is 0. The average Bonchev–Trinajstić information content (AvgIpc) is 1.87. The minimum absolute atomic E-state index is 0.355. The van der Waals surface area contributed by atoms with Gasteiger partial charge >= 0.3 is 0 Å². The Hall–Kier alpha value is 1.08. The van der Waals surface area contributed by atoms with E-state index in [0.717, 1.165) is 0 Å². The highest BCUT2D eigenvalue weighted by Crippen LogP contribution is 2.03. The third kappa shape index (κ3) is 17.2. The highest BCUT2D eigenvalue weighted by Gasteiger charge is 2.03. The fourth-order valence-corrected chi connectivity index (χ4v) is 0.518. The molecule has 0 aromatic rings. The van der Waals surface area contributed by atoms with Crippen molar-refractivity contribution in [2.75, 3.05) is 5.88 Å². The number of alkyl halides is 4. The van der Waals surface area contributed by atoms with Crippen LogP contribution in [0.3, 0.4) is 0 Å². The summed E-state index contributed by atoms with van der Waals surface area (Å²) in [5.41, 5.74) is -1.67. The zero-order valence-electron chi connectivity index (χ0n) is 6.55. The van der Waals surface area contributed by atoms with Crippen LogP contribution in [0.1, 0.15) is 13.3 Å². The summed E-state index contributed by atoms with van der Waals surface area (Å²) in [6.45, 7) is 1.62. The van der Waals surface area contributed by atoms with Gasteiger partial charge < -0.3 is 10.2 Å². The van der Waals surface area contributed by atoms with Crippen LogP contribution in [-0.4, -0.2) is 32.6 Å². The summed E-state index contributed by atoms with van der Waals surface area (Å²) < 4.78 is 0. The topological polar surface area (TPSA) is 40.5 Å². The Morgan fingerprint density at radius 3 is 1.50 bits per heavy atom. The van der Waals surface area contributed by atoms with Crippen LogP contribution in [0.2, 0.25) is 0 Å². The van der Waals surface area contributed by atoms with Crippen molar-refractivity contribution in [3.63, 3.8) is 0 Å². The van der Waals surface area contributed by atoms with Crippen LogP contribution in [0.15, 0.2) is 0 Å². The first-order valence-corrected chi connectivity index (χ1v) is 5.10. The van der Waals surface area contributed by atoms with Crippen molar-refractivity contribution in [3.8, 4) is 0 Å². The molecule has 0 radical (unpaired) electrons. The molecule has 0 aromatic carbocycles. The molecule has 0 spiro atoms. The van der Waals surface area contributed by atoms with Crippen molar-refractivity contribution in [1.82, 2.24) is 0 Å². The predicted octanol–water partition coefficient (Wildman–Crippen LogP) is 2.34. The van der Waals surface area contributed by atoms with Gasteiger partial charge in [0.1, 0.15) is 11.1 Å². The maximum Gasteiger partial charge on any atom is 0.143 e. The molecule has 3 unspecified atom stereocenters. The van der Waals surface area contributed by atoms with Crippen LogP contribution in [0.4, 0.5) is 0 Å². The smallest absolute Gasteiger partial charge is 0.143 e. The van der Waals surface area contributed by atoms with E-state index >= 15 is 0 Å². The number of halogens is 4. The molecule has 0 bridgehead atoms. The summed E-state index contributed by atoms with van der Waals surface area (Å²) in [7, 11) is 0. The fourth-order valence-electron chi connectivity index (χ4n) is 0.0900.